The largest absolute Gasteiger partial charge is 0.330 e. The molecule has 154 valence electrons. The Morgan fingerprint density at radius 1 is 1.07 bits per heavy atom. The van der Waals surface area contributed by atoms with Crippen molar-refractivity contribution in [1.82, 2.24) is 23.4 Å². The SMILES string of the molecule is CCn1c(=O)n([C@@H]2CCN(S(=O)(=O)c3cccc4cccnc34)C2)c2ncccc21. The summed E-state index contributed by atoms with van der Waals surface area (Å²) in [7, 11) is -3.74. The van der Waals surface area contributed by atoms with Crippen molar-refractivity contribution in [1.29, 1.82) is 0 Å². The fourth-order valence-corrected chi connectivity index (χ4v) is 5.96. The van der Waals surface area contributed by atoms with Crippen LogP contribution in [0.25, 0.3) is 22.1 Å². The van der Waals surface area contributed by atoms with Gasteiger partial charge in [-0.3, -0.25) is 14.1 Å². The fraction of sp³-hybridized carbons (Fsp3) is 0.286. The van der Waals surface area contributed by atoms with Gasteiger partial charge >= 0.3 is 5.69 Å². The van der Waals surface area contributed by atoms with E-state index in [1.165, 1.54) is 4.31 Å². The van der Waals surface area contributed by atoms with E-state index in [-0.39, 0.29) is 23.2 Å². The summed E-state index contributed by atoms with van der Waals surface area (Å²) in [6.45, 7) is 3.01. The van der Waals surface area contributed by atoms with E-state index >= 15 is 0 Å². The van der Waals surface area contributed by atoms with E-state index in [1.807, 2.05) is 25.1 Å². The average molecular weight is 423 g/mol. The van der Waals surface area contributed by atoms with Gasteiger partial charge in [-0.15, -0.1) is 0 Å². The smallest absolute Gasteiger partial charge is 0.291 e. The summed E-state index contributed by atoms with van der Waals surface area (Å²) in [6, 6.07) is 12.2. The van der Waals surface area contributed by atoms with Crippen molar-refractivity contribution in [2.75, 3.05) is 13.1 Å². The Morgan fingerprint density at radius 3 is 2.67 bits per heavy atom. The van der Waals surface area contributed by atoms with E-state index in [9.17, 15) is 13.2 Å². The van der Waals surface area contributed by atoms with Crippen LogP contribution < -0.4 is 5.69 Å². The van der Waals surface area contributed by atoms with Gasteiger partial charge in [-0.25, -0.2) is 18.2 Å². The van der Waals surface area contributed by atoms with Crippen LogP contribution in [0.15, 0.2) is 64.5 Å². The van der Waals surface area contributed by atoms with Crippen LogP contribution in [0.2, 0.25) is 0 Å². The van der Waals surface area contributed by atoms with Gasteiger partial charge in [0.15, 0.2) is 5.65 Å². The summed E-state index contributed by atoms with van der Waals surface area (Å²) in [5.41, 5.74) is 1.68. The van der Waals surface area contributed by atoms with E-state index in [1.54, 1.807) is 45.8 Å². The van der Waals surface area contributed by atoms with E-state index in [4.69, 9.17) is 0 Å². The van der Waals surface area contributed by atoms with Gasteiger partial charge in [-0.05, 0) is 37.6 Å². The van der Waals surface area contributed by atoms with Crippen LogP contribution in [0.3, 0.4) is 0 Å². The average Bonchev–Trinajstić information content (AvgIpc) is 3.35. The van der Waals surface area contributed by atoms with Crippen LogP contribution in [0, 0.1) is 0 Å². The topological polar surface area (TPSA) is 90.1 Å². The zero-order valence-corrected chi connectivity index (χ0v) is 17.3. The Balaban J connectivity index is 1.55. The lowest BCUT2D eigenvalue weighted by atomic mass is 10.2. The van der Waals surface area contributed by atoms with Crippen LogP contribution in [0.4, 0.5) is 0 Å². The third-order valence-corrected chi connectivity index (χ3v) is 7.64. The second kappa shape index (κ2) is 7.03. The maximum atomic E-state index is 13.4. The van der Waals surface area contributed by atoms with E-state index in [0.29, 0.717) is 30.7 Å². The van der Waals surface area contributed by atoms with Crippen LogP contribution in [0.5, 0.6) is 0 Å². The zero-order valence-electron chi connectivity index (χ0n) is 16.5. The molecule has 30 heavy (non-hydrogen) atoms. The first-order valence-electron chi connectivity index (χ1n) is 9.92. The molecule has 5 rings (SSSR count). The first-order chi connectivity index (χ1) is 14.5. The van der Waals surface area contributed by atoms with Crippen LogP contribution >= 0.6 is 0 Å². The molecule has 1 fully saturated rings. The lowest BCUT2D eigenvalue weighted by molar-refractivity contribution is 0.448. The standard InChI is InChI=1S/C21H21N5O3S/c1-2-25-17-8-5-12-23-20(17)26(21(25)27)16-10-13-24(14-16)30(28,29)18-9-3-6-15-7-4-11-22-19(15)18/h3-9,11-12,16H,2,10,13-14H2,1H3/t16-/m1/s1. The molecule has 1 saturated heterocycles. The highest BCUT2D eigenvalue weighted by Crippen LogP contribution is 2.31. The van der Waals surface area contributed by atoms with Crippen molar-refractivity contribution in [2.24, 2.45) is 0 Å². The number of rotatable bonds is 4. The molecule has 3 aromatic heterocycles. The van der Waals surface area contributed by atoms with Gasteiger partial charge in [0.1, 0.15) is 4.90 Å². The Bertz CT molecular complexity index is 1420. The third-order valence-electron chi connectivity index (χ3n) is 5.74. The number of hydrogen-bond donors (Lipinski definition) is 0. The Hall–Kier alpha value is -3.04. The van der Waals surface area contributed by atoms with Crippen molar-refractivity contribution >= 4 is 32.1 Å². The van der Waals surface area contributed by atoms with Crippen molar-refractivity contribution < 1.29 is 8.42 Å². The molecule has 0 N–H and O–H groups in total. The van der Waals surface area contributed by atoms with Gasteiger partial charge in [0.2, 0.25) is 10.0 Å². The summed E-state index contributed by atoms with van der Waals surface area (Å²) in [5.74, 6) is 0. The zero-order chi connectivity index (χ0) is 20.9. The monoisotopic (exact) mass is 423 g/mol. The molecule has 4 heterocycles. The molecule has 1 aromatic carbocycles. The normalized spacial score (nSPS) is 17.8. The van der Waals surface area contributed by atoms with Gasteiger partial charge in [0.05, 0.1) is 17.1 Å². The Kier molecular flexibility index (Phi) is 4.44. The van der Waals surface area contributed by atoms with Crippen LogP contribution in [0.1, 0.15) is 19.4 Å². The highest BCUT2D eigenvalue weighted by molar-refractivity contribution is 7.89. The summed E-state index contributed by atoms with van der Waals surface area (Å²) in [5, 5.41) is 0.778. The Morgan fingerprint density at radius 2 is 1.83 bits per heavy atom. The molecular weight excluding hydrogens is 402 g/mol. The van der Waals surface area contributed by atoms with Crippen molar-refractivity contribution in [3.8, 4) is 0 Å². The van der Waals surface area contributed by atoms with Crippen LogP contribution in [-0.4, -0.2) is 44.9 Å². The van der Waals surface area contributed by atoms with Gasteiger partial charge in [-0.1, -0.05) is 18.2 Å². The maximum absolute atomic E-state index is 13.4. The van der Waals surface area contributed by atoms with Crippen LogP contribution in [-0.2, 0) is 16.6 Å². The molecule has 9 heteroatoms. The predicted octanol–water partition coefficient (Wildman–Crippen LogP) is 2.40. The van der Waals surface area contributed by atoms with Gasteiger partial charge in [0, 0.05) is 37.4 Å². The highest BCUT2D eigenvalue weighted by atomic mass is 32.2. The molecule has 0 saturated carbocycles. The van der Waals surface area contributed by atoms with Gasteiger partial charge in [-0.2, -0.15) is 4.31 Å². The minimum atomic E-state index is -3.74. The summed E-state index contributed by atoms with van der Waals surface area (Å²) < 4.78 is 31.6. The summed E-state index contributed by atoms with van der Waals surface area (Å²) in [4.78, 5) is 21.9. The highest BCUT2D eigenvalue weighted by Gasteiger charge is 2.36. The minimum absolute atomic E-state index is 0.151. The number of nitrogens with zero attached hydrogens (tertiary/aromatic N) is 5. The number of benzene rings is 1. The number of hydrogen-bond acceptors (Lipinski definition) is 5. The number of imidazole rings is 1. The van der Waals surface area contributed by atoms with Crippen molar-refractivity contribution in [3.05, 3.63) is 65.3 Å². The van der Waals surface area contributed by atoms with Gasteiger partial charge < -0.3 is 0 Å². The first kappa shape index (κ1) is 19.0. The maximum Gasteiger partial charge on any atom is 0.330 e. The molecule has 0 unspecified atom stereocenters. The molecule has 0 bridgehead atoms. The minimum Gasteiger partial charge on any atom is -0.291 e. The number of fused-ring (bicyclic) bond motifs is 2. The summed E-state index contributed by atoms with van der Waals surface area (Å²) >= 11 is 0. The fourth-order valence-electron chi connectivity index (χ4n) is 4.31. The molecule has 8 nitrogen and oxygen atoms in total. The molecule has 0 radical (unpaired) electrons. The first-order valence-corrected chi connectivity index (χ1v) is 11.4. The molecule has 0 amide bonds. The number of sulfonamides is 1. The number of para-hydroxylation sites is 1. The molecular formula is C21H21N5O3S. The molecule has 1 aliphatic heterocycles. The van der Waals surface area contributed by atoms with Crippen molar-refractivity contribution in [3.63, 3.8) is 0 Å². The Labute approximate surface area is 173 Å². The second-order valence-electron chi connectivity index (χ2n) is 7.38. The second-order valence-corrected chi connectivity index (χ2v) is 9.29. The molecule has 0 aliphatic carbocycles. The summed E-state index contributed by atoms with van der Waals surface area (Å²) in [6.07, 6.45) is 3.80. The lowest BCUT2D eigenvalue weighted by Gasteiger charge is -2.18. The molecule has 4 aromatic rings. The number of aryl methyl sites for hydroxylation is 1. The van der Waals surface area contributed by atoms with E-state index in [2.05, 4.69) is 9.97 Å². The predicted molar refractivity (Wildman–Crippen MR) is 114 cm³/mol. The molecule has 0 spiro atoms. The van der Waals surface area contributed by atoms with Crippen molar-refractivity contribution in [2.45, 2.75) is 30.8 Å². The number of aromatic nitrogens is 4. The molecule has 1 atom stereocenters. The van der Waals surface area contributed by atoms with E-state index < -0.39 is 10.0 Å². The lowest BCUT2D eigenvalue weighted by Crippen LogP contribution is -2.32. The quantitative estimate of drug-likeness (QED) is 0.503. The third kappa shape index (κ3) is 2.77. The number of pyridine rings is 2. The molecule has 1 aliphatic rings. The van der Waals surface area contributed by atoms with Gasteiger partial charge in [0.25, 0.3) is 0 Å². The van der Waals surface area contributed by atoms with E-state index in [0.717, 1.165) is 10.9 Å².